The fourth-order valence-corrected chi connectivity index (χ4v) is 3.80. The number of rotatable bonds is 4. The standard InChI is InChI=1S/C24H30ClN3O4/c1-24(2,3)32-23(30)28-14-13-21(20(15-28)16-5-11-19(31-4)12-6-16)27-22(29)26-18-9-7-17(25)8-10-18/h5-12,20-21H,13-15H2,1-4H3,(H2,26,27,29)/t20?,21-/m1/s1. The van der Waals surface area contributed by atoms with Gasteiger partial charge in [0.1, 0.15) is 11.4 Å². The third-order valence-electron chi connectivity index (χ3n) is 5.23. The number of urea groups is 1. The second kappa shape index (κ2) is 10.1. The van der Waals surface area contributed by atoms with Gasteiger partial charge in [0, 0.05) is 35.8 Å². The fourth-order valence-electron chi connectivity index (χ4n) is 3.67. The molecule has 0 aromatic heterocycles. The van der Waals surface area contributed by atoms with Crippen molar-refractivity contribution in [3.05, 3.63) is 59.1 Å². The molecule has 1 fully saturated rings. The SMILES string of the molecule is COc1ccc(C2CN(C(=O)OC(C)(C)C)CC[C@H]2NC(=O)Nc2ccc(Cl)cc2)cc1. The van der Waals surface area contributed by atoms with Crippen molar-refractivity contribution >= 4 is 29.4 Å². The molecule has 2 aromatic rings. The number of ether oxygens (including phenoxy) is 2. The van der Waals surface area contributed by atoms with Gasteiger partial charge in [0.25, 0.3) is 0 Å². The number of anilines is 1. The van der Waals surface area contributed by atoms with Gasteiger partial charge in [-0.1, -0.05) is 23.7 Å². The van der Waals surface area contributed by atoms with Crippen LogP contribution >= 0.6 is 11.6 Å². The summed E-state index contributed by atoms with van der Waals surface area (Å²) in [5.41, 5.74) is 1.09. The molecule has 0 radical (unpaired) electrons. The molecule has 172 valence electrons. The number of methoxy groups -OCH3 is 1. The van der Waals surface area contributed by atoms with Gasteiger partial charge in [0.15, 0.2) is 0 Å². The zero-order valence-electron chi connectivity index (χ0n) is 18.9. The number of carbonyl (C=O) groups is 2. The van der Waals surface area contributed by atoms with Crippen molar-refractivity contribution in [2.45, 2.75) is 44.8 Å². The van der Waals surface area contributed by atoms with E-state index in [2.05, 4.69) is 10.6 Å². The highest BCUT2D eigenvalue weighted by atomic mass is 35.5. The molecule has 0 spiro atoms. The lowest BCUT2D eigenvalue weighted by atomic mass is 9.86. The molecule has 1 unspecified atom stereocenters. The van der Waals surface area contributed by atoms with Crippen molar-refractivity contribution in [3.63, 3.8) is 0 Å². The van der Waals surface area contributed by atoms with Gasteiger partial charge in [-0.3, -0.25) is 0 Å². The zero-order chi connectivity index (χ0) is 23.3. The molecule has 3 amide bonds. The number of hydrogen-bond donors (Lipinski definition) is 2. The second-order valence-electron chi connectivity index (χ2n) is 8.81. The van der Waals surface area contributed by atoms with Gasteiger partial charge in [-0.2, -0.15) is 0 Å². The molecule has 3 rings (SSSR count). The topological polar surface area (TPSA) is 79.9 Å². The molecule has 0 aliphatic carbocycles. The summed E-state index contributed by atoms with van der Waals surface area (Å²) in [6, 6.07) is 14.2. The summed E-state index contributed by atoms with van der Waals surface area (Å²) >= 11 is 5.91. The van der Waals surface area contributed by atoms with Gasteiger partial charge in [0.2, 0.25) is 0 Å². The van der Waals surface area contributed by atoms with Crippen molar-refractivity contribution in [2.75, 3.05) is 25.5 Å². The molecular weight excluding hydrogens is 430 g/mol. The summed E-state index contributed by atoms with van der Waals surface area (Å²) < 4.78 is 10.8. The maximum Gasteiger partial charge on any atom is 0.410 e. The summed E-state index contributed by atoms with van der Waals surface area (Å²) in [6.07, 6.45) is 0.254. The Morgan fingerprint density at radius 2 is 1.72 bits per heavy atom. The summed E-state index contributed by atoms with van der Waals surface area (Å²) in [5, 5.41) is 6.51. The van der Waals surface area contributed by atoms with Crippen LogP contribution in [0.2, 0.25) is 5.02 Å². The number of halogens is 1. The summed E-state index contributed by atoms with van der Waals surface area (Å²) in [4.78, 5) is 27.0. The molecule has 1 heterocycles. The minimum absolute atomic E-state index is 0.0989. The minimum Gasteiger partial charge on any atom is -0.497 e. The smallest absolute Gasteiger partial charge is 0.410 e. The lowest BCUT2D eigenvalue weighted by molar-refractivity contribution is 0.0180. The second-order valence-corrected chi connectivity index (χ2v) is 9.24. The van der Waals surface area contributed by atoms with Crippen LogP contribution in [0.3, 0.4) is 0 Å². The Hall–Kier alpha value is -2.93. The van der Waals surface area contributed by atoms with Crippen molar-refractivity contribution in [2.24, 2.45) is 0 Å². The Morgan fingerprint density at radius 1 is 1.06 bits per heavy atom. The molecule has 2 N–H and O–H groups in total. The van der Waals surface area contributed by atoms with E-state index in [1.807, 2.05) is 45.0 Å². The lowest BCUT2D eigenvalue weighted by Gasteiger charge is -2.39. The van der Waals surface area contributed by atoms with Crippen LogP contribution in [-0.4, -0.2) is 48.9 Å². The number of carbonyl (C=O) groups excluding carboxylic acids is 2. The Labute approximate surface area is 194 Å². The van der Waals surface area contributed by atoms with E-state index in [1.54, 1.807) is 36.3 Å². The van der Waals surface area contributed by atoms with Gasteiger partial charge in [0.05, 0.1) is 7.11 Å². The summed E-state index contributed by atoms with van der Waals surface area (Å²) in [7, 11) is 1.62. The maximum absolute atomic E-state index is 12.7. The van der Waals surface area contributed by atoms with Crippen molar-refractivity contribution in [1.82, 2.24) is 10.2 Å². The third kappa shape index (κ3) is 6.53. The number of hydrogen-bond acceptors (Lipinski definition) is 4. The predicted molar refractivity (Wildman–Crippen MR) is 126 cm³/mol. The first-order valence-corrected chi connectivity index (χ1v) is 11.0. The molecule has 1 aliphatic rings. The quantitative estimate of drug-likeness (QED) is 0.653. The van der Waals surface area contributed by atoms with Crippen molar-refractivity contribution in [1.29, 1.82) is 0 Å². The van der Waals surface area contributed by atoms with Crippen LogP contribution in [-0.2, 0) is 4.74 Å². The number of piperidine rings is 1. The number of likely N-dealkylation sites (tertiary alicyclic amines) is 1. The Bertz CT molecular complexity index is 926. The molecule has 7 nitrogen and oxygen atoms in total. The number of amides is 3. The Kier molecular flexibility index (Phi) is 7.51. The average molecular weight is 460 g/mol. The van der Waals surface area contributed by atoms with Crippen LogP contribution in [0.15, 0.2) is 48.5 Å². The maximum atomic E-state index is 12.7. The highest BCUT2D eigenvalue weighted by Crippen LogP contribution is 2.30. The molecule has 1 aliphatic heterocycles. The zero-order valence-corrected chi connectivity index (χ0v) is 19.6. The van der Waals surface area contributed by atoms with E-state index < -0.39 is 5.60 Å². The van der Waals surface area contributed by atoms with Crippen LogP contribution in [0.4, 0.5) is 15.3 Å². The van der Waals surface area contributed by atoms with Crippen LogP contribution in [0.25, 0.3) is 0 Å². The van der Waals surface area contributed by atoms with Crippen LogP contribution in [0.5, 0.6) is 5.75 Å². The van der Waals surface area contributed by atoms with E-state index in [1.165, 1.54) is 0 Å². The highest BCUT2D eigenvalue weighted by Gasteiger charge is 2.35. The predicted octanol–water partition coefficient (Wildman–Crippen LogP) is 5.26. The normalized spacial score (nSPS) is 18.6. The number of nitrogens with one attached hydrogen (secondary N) is 2. The average Bonchev–Trinajstić information content (AvgIpc) is 2.74. The molecule has 0 bridgehead atoms. The molecular formula is C24H30ClN3O4. The van der Waals surface area contributed by atoms with Crippen LogP contribution < -0.4 is 15.4 Å². The third-order valence-corrected chi connectivity index (χ3v) is 5.48. The van der Waals surface area contributed by atoms with Crippen LogP contribution in [0.1, 0.15) is 38.7 Å². The molecule has 2 aromatic carbocycles. The van der Waals surface area contributed by atoms with Gasteiger partial charge in [-0.25, -0.2) is 9.59 Å². The van der Waals surface area contributed by atoms with E-state index in [4.69, 9.17) is 21.1 Å². The molecule has 8 heteroatoms. The minimum atomic E-state index is -0.569. The largest absolute Gasteiger partial charge is 0.497 e. The molecule has 32 heavy (non-hydrogen) atoms. The first-order chi connectivity index (χ1) is 15.1. The monoisotopic (exact) mass is 459 g/mol. The van der Waals surface area contributed by atoms with Gasteiger partial charge < -0.3 is 25.0 Å². The number of benzene rings is 2. The molecule has 2 atom stereocenters. The highest BCUT2D eigenvalue weighted by molar-refractivity contribution is 6.30. The number of nitrogens with zero attached hydrogens (tertiary/aromatic N) is 1. The van der Waals surface area contributed by atoms with Gasteiger partial charge in [-0.05, 0) is 69.2 Å². The van der Waals surface area contributed by atoms with E-state index in [0.29, 0.717) is 30.2 Å². The van der Waals surface area contributed by atoms with E-state index in [-0.39, 0.29) is 24.1 Å². The van der Waals surface area contributed by atoms with Gasteiger partial charge in [-0.15, -0.1) is 0 Å². The summed E-state index contributed by atoms with van der Waals surface area (Å²) in [6.45, 7) is 6.48. The van der Waals surface area contributed by atoms with E-state index >= 15 is 0 Å². The first-order valence-electron chi connectivity index (χ1n) is 10.6. The van der Waals surface area contributed by atoms with E-state index in [0.717, 1.165) is 11.3 Å². The molecule has 1 saturated heterocycles. The fraction of sp³-hybridized carbons (Fsp3) is 0.417. The van der Waals surface area contributed by atoms with Crippen molar-refractivity contribution < 1.29 is 19.1 Å². The lowest BCUT2D eigenvalue weighted by Crippen LogP contribution is -2.52. The summed E-state index contributed by atoms with van der Waals surface area (Å²) in [5.74, 6) is 0.650. The van der Waals surface area contributed by atoms with E-state index in [9.17, 15) is 9.59 Å². The van der Waals surface area contributed by atoms with Crippen LogP contribution in [0, 0.1) is 0 Å². The van der Waals surface area contributed by atoms with Crippen molar-refractivity contribution in [3.8, 4) is 5.75 Å². The molecule has 0 saturated carbocycles. The first kappa shape index (κ1) is 23.7. The Balaban J connectivity index is 1.74. The van der Waals surface area contributed by atoms with Gasteiger partial charge >= 0.3 is 12.1 Å². The Morgan fingerprint density at radius 3 is 2.31 bits per heavy atom.